The molecular weight excluding hydrogens is 358 g/mol. The summed E-state index contributed by atoms with van der Waals surface area (Å²) < 4.78 is 0.717. The first kappa shape index (κ1) is 15.6. The monoisotopic (exact) mass is 373 g/mol. The van der Waals surface area contributed by atoms with Crippen molar-refractivity contribution in [2.75, 3.05) is 11.4 Å². The fourth-order valence-corrected chi connectivity index (χ4v) is 2.95. The van der Waals surface area contributed by atoms with Crippen LogP contribution in [0.3, 0.4) is 0 Å². The Labute approximate surface area is 142 Å². The number of phenols is 1. The molecule has 23 heavy (non-hydrogen) atoms. The Balaban J connectivity index is 1.70. The molecule has 1 aliphatic heterocycles. The van der Waals surface area contributed by atoms with Gasteiger partial charge in [-0.05, 0) is 42.7 Å². The summed E-state index contributed by atoms with van der Waals surface area (Å²) in [6.45, 7) is 0.860. The molecule has 0 spiro atoms. The number of aromatic hydroxyl groups is 1. The summed E-state index contributed by atoms with van der Waals surface area (Å²) in [6, 6.07) is 12.8. The van der Waals surface area contributed by atoms with Gasteiger partial charge in [-0.15, -0.1) is 0 Å². The summed E-state index contributed by atoms with van der Waals surface area (Å²) in [7, 11) is 0. The molecule has 0 saturated heterocycles. The van der Waals surface area contributed by atoms with Crippen molar-refractivity contribution >= 4 is 33.9 Å². The fourth-order valence-electron chi connectivity index (χ4n) is 2.59. The molecule has 0 radical (unpaired) electrons. The number of rotatable bonds is 3. The Morgan fingerprint density at radius 2 is 2.13 bits per heavy atom. The average molecular weight is 374 g/mol. The molecule has 1 aliphatic rings. The third-order valence-corrected chi connectivity index (χ3v) is 4.21. The number of benzene rings is 2. The van der Waals surface area contributed by atoms with Crippen LogP contribution in [0.4, 0.5) is 5.69 Å². The number of amides is 1. The lowest BCUT2D eigenvalue weighted by atomic mass is 10.0. The summed E-state index contributed by atoms with van der Waals surface area (Å²) in [5.74, 6) is -0.533. The van der Waals surface area contributed by atoms with Crippen LogP contribution in [0.15, 0.2) is 52.0 Å². The molecule has 5 nitrogen and oxygen atoms in total. The smallest absolute Gasteiger partial charge is 0.275 e. The van der Waals surface area contributed by atoms with Crippen LogP contribution in [-0.2, 0) is 6.42 Å². The first-order valence-corrected chi connectivity index (χ1v) is 8.11. The van der Waals surface area contributed by atoms with E-state index in [2.05, 4.69) is 32.5 Å². The number of para-hydroxylation sites is 1. The van der Waals surface area contributed by atoms with Crippen LogP contribution in [0.2, 0.25) is 0 Å². The van der Waals surface area contributed by atoms with Gasteiger partial charge in [-0.2, -0.15) is 5.10 Å². The van der Waals surface area contributed by atoms with Gasteiger partial charge in [0.05, 0.1) is 5.56 Å². The normalized spacial score (nSPS) is 13.9. The van der Waals surface area contributed by atoms with Crippen LogP contribution < -0.4 is 10.3 Å². The topological polar surface area (TPSA) is 64.9 Å². The third-order valence-electron chi connectivity index (χ3n) is 3.71. The van der Waals surface area contributed by atoms with Gasteiger partial charge in [0.15, 0.2) is 0 Å². The molecule has 2 aromatic carbocycles. The highest BCUT2D eigenvalue weighted by Crippen LogP contribution is 2.25. The minimum Gasteiger partial charge on any atom is -0.507 e. The third kappa shape index (κ3) is 3.53. The number of nitrogens with zero attached hydrogens (tertiary/aromatic N) is 2. The van der Waals surface area contributed by atoms with E-state index in [9.17, 15) is 9.90 Å². The SMILES string of the molecule is O=C(N/N=C\N1CCCc2ccccc21)c1cc(Br)ccc1O. The minimum absolute atomic E-state index is 0.0794. The number of hydrogen-bond donors (Lipinski definition) is 2. The van der Waals surface area contributed by atoms with E-state index in [1.54, 1.807) is 18.5 Å². The van der Waals surface area contributed by atoms with Gasteiger partial charge in [0, 0.05) is 16.7 Å². The van der Waals surface area contributed by atoms with Gasteiger partial charge in [0.25, 0.3) is 5.91 Å². The molecule has 2 N–H and O–H groups in total. The molecule has 0 fully saturated rings. The zero-order valence-corrected chi connectivity index (χ0v) is 14.0. The predicted octanol–water partition coefficient (Wildman–Crippen LogP) is 3.28. The lowest BCUT2D eigenvalue weighted by Gasteiger charge is -2.27. The molecule has 0 unspecified atom stereocenters. The van der Waals surface area contributed by atoms with Gasteiger partial charge < -0.3 is 10.0 Å². The molecule has 0 atom stereocenters. The van der Waals surface area contributed by atoms with Crippen molar-refractivity contribution in [1.29, 1.82) is 0 Å². The lowest BCUT2D eigenvalue weighted by molar-refractivity contribution is 0.0952. The zero-order valence-electron chi connectivity index (χ0n) is 12.4. The number of halogens is 1. The van der Waals surface area contributed by atoms with Crippen LogP contribution in [0.5, 0.6) is 5.75 Å². The second-order valence-electron chi connectivity index (χ2n) is 5.27. The minimum atomic E-state index is -0.453. The highest BCUT2D eigenvalue weighted by Gasteiger charge is 2.15. The summed E-state index contributed by atoms with van der Waals surface area (Å²) in [6.07, 6.45) is 3.72. The molecule has 3 rings (SSSR count). The van der Waals surface area contributed by atoms with Crippen LogP contribution in [0.25, 0.3) is 0 Å². The van der Waals surface area contributed by atoms with E-state index >= 15 is 0 Å². The second kappa shape index (κ2) is 6.83. The molecule has 2 aromatic rings. The molecule has 118 valence electrons. The van der Waals surface area contributed by atoms with Crippen molar-refractivity contribution in [2.45, 2.75) is 12.8 Å². The highest BCUT2D eigenvalue weighted by molar-refractivity contribution is 9.10. The number of fused-ring (bicyclic) bond motifs is 1. The molecule has 0 saturated carbocycles. The highest BCUT2D eigenvalue weighted by atomic mass is 79.9. The largest absolute Gasteiger partial charge is 0.507 e. The molecule has 1 heterocycles. The Morgan fingerprint density at radius 1 is 1.30 bits per heavy atom. The van der Waals surface area contributed by atoms with E-state index in [-0.39, 0.29) is 11.3 Å². The van der Waals surface area contributed by atoms with E-state index in [1.165, 1.54) is 11.6 Å². The number of aryl methyl sites for hydroxylation is 1. The summed E-state index contributed by atoms with van der Waals surface area (Å²) in [5, 5.41) is 13.8. The number of hydrazone groups is 1. The van der Waals surface area contributed by atoms with Gasteiger partial charge in [-0.3, -0.25) is 4.79 Å². The predicted molar refractivity (Wildman–Crippen MR) is 93.9 cm³/mol. The van der Waals surface area contributed by atoms with Gasteiger partial charge in [-0.25, -0.2) is 5.43 Å². The van der Waals surface area contributed by atoms with Gasteiger partial charge in [0.1, 0.15) is 12.1 Å². The first-order chi connectivity index (χ1) is 11.1. The van der Waals surface area contributed by atoms with Crippen molar-refractivity contribution in [3.63, 3.8) is 0 Å². The van der Waals surface area contributed by atoms with Crippen LogP contribution in [-0.4, -0.2) is 23.9 Å². The molecule has 1 amide bonds. The quantitative estimate of drug-likeness (QED) is 0.492. The number of carbonyl (C=O) groups is 1. The second-order valence-corrected chi connectivity index (χ2v) is 6.19. The maximum Gasteiger partial charge on any atom is 0.275 e. The van der Waals surface area contributed by atoms with Crippen LogP contribution >= 0.6 is 15.9 Å². The fraction of sp³-hybridized carbons (Fsp3) is 0.176. The number of carbonyl (C=O) groups excluding carboxylic acids is 1. The number of nitrogens with one attached hydrogen (secondary N) is 1. The van der Waals surface area contributed by atoms with E-state index in [0.717, 1.165) is 29.5 Å². The Bertz CT molecular complexity index is 761. The van der Waals surface area contributed by atoms with E-state index in [1.807, 2.05) is 23.1 Å². The number of phenolic OH excluding ortho intramolecular Hbond substituents is 1. The van der Waals surface area contributed by atoms with Gasteiger partial charge in [-0.1, -0.05) is 34.1 Å². The van der Waals surface area contributed by atoms with E-state index in [4.69, 9.17) is 0 Å². The first-order valence-electron chi connectivity index (χ1n) is 7.32. The summed E-state index contributed by atoms with van der Waals surface area (Å²) in [5.41, 5.74) is 5.02. The Kier molecular flexibility index (Phi) is 4.62. The van der Waals surface area contributed by atoms with E-state index < -0.39 is 5.91 Å². The van der Waals surface area contributed by atoms with Crippen molar-refractivity contribution in [1.82, 2.24) is 5.43 Å². The van der Waals surface area contributed by atoms with Crippen molar-refractivity contribution < 1.29 is 9.90 Å². The average Bonchev–Trinajstić information content (AvgIpc) is 2.57. The van der Waals surface area contributed by atoms with Gasteiger partial charge in [0.2, 0.25) is 0 Å². The molecule has 6 heteroatoms. The zero-order chi connectivity index (χ0) is 16.2. The summed E-state index contributed by atoms with van der Waals surface area (Å²) >= 11 is 3.28. The lowest BCUT2D eigenvalue weighted by Crippen LogP contribution is -2.29. The molecular formula is C17H16BrN3O2. The molecule has 0 aliphatic carbocycles. The Morgan fingerprint density at radius 3 is 3.00 bits per heavy atom. The Hall–Kier alpha value is -2.34. The van der Waals surface area contributed by atoms with Crippen molar-refractivity contribution in [3.05, 3.63) is 58.1 Å². The van der Waals surface area contributed by atoms with E-state index in [0.29, 0.717) is 0 Å². The van der Waals surface area contributed by atoms with Crippen molar-refractivity contribution in [2.24, 2.45) is 5.10 Å². The van der Waals surface area contributed by atoms with Crippen LogP contribution in [0, 0.1) is 0 Å². The molecule has 0 bridgehead atoms. The standard InChI is InChI=1S/C17H16BrN3O2/c18-13-7-8-16(22)14(10-13)17(23)20-19-11-21-9-3-5-12-4-1-2-6-15(12)21/h1-2,4,6-8,10-11,22H,3,5,9H2,(H,20,23)/b19-11-. The van der Waals surface area contributed by atoms with Crippen molar-refractivity contribution in [3.8, 4) is 5.75 Å². The maximum absolute atomic E-state index is 12.1. The summed E-state index contributed by atoms with van der Waals surface area (Å²) in [4.78, 5) is 14.1. The molecule has 0 aromatic heterocycles. The van der Waals surface area contributed by atoms with Crippen LogP contribution in [0.1, 0.15) is 22.3 Å². The number of anilines is 1. The number of hydrogen-bond acceptors (Lipinski definition) is 3. The van der Waals surface area contributed by atoms with Gasteiger partial charge >= 0.3 is 0 Å². The maximum atomic E-state index is 12.1.